The molecule has 0 aliphatic heterocycles. The summed E-state index contributed by atoms with van der Waals surface area (Å²) in [6.45, 7) is 1.22. The fourth-order valence-corrected chi connectivity index (χ4v) is 0.170. The van der Waals surface area contributed by atoms with Crippen LogP contribution in [0.25, 0.3) is 0 Å². The van der Waals surface area contributed by atoms with E-state index in [1.807, 2.05) is 0 Å². The predicted octanol–water partition coefficient (Wildman–Crippen LogP) is -2.13. The SMILES string of the molecule is CC(=O)N(N)C(=N)N.[Mg+2].[OH-].[OH-]. The molecule has 0 atom stereocenters. The number of nitrogens with two attached hydrogens (primary N) is 2. The van der Waals surface area contributed by atoms with E-state index in [1.54, 1.807) is 0 Å². The third-order valence-electron chi connectivity index (χ3n) is 0.599. The van der Waals surface area contributed by atoms with Gasteiger partial charge in [0.1, 0.15) is 0 Å². The molecule has 0 aromatic carbocycles. The van der Waals surface area contributed by atoms with Gasteiger partial charge in [0.15, 0.2) is 0 Å². The Balaban J connectivity index is -0.0000000817. The molecule has 0 heterocycles. The molecule has 0 bridgehead atoms. The van der Waals surface area contributed by atoms with Crippen molar-refractivity contribution in [2.24, 2.45) is 11.6 Å². The molecule has 0 aliphatic carbocycles. The van der Waals surface area contributed by atoms with E-state index in [-0.39, 0.29) is 34.0 Å². The Hall–Kier alpha value is -0.414. The Kier molecular flexibility index (Phi) is 19.5. The van der Waals surface area contributed by atoms with Gasteiger partial charge < -0.3 is 16.7 Å². The Morgan fingerprint density at radius 1 is 1.45 bits per heavy atom. The largest absolute Gasteiger partial charge is 2.00 e. The number of carbonyl (C=O) groups is 1. The number of hydrogen-bond donors (Lipinski definition) is 3. The predicted molar refractivity (Wildman–Crippen MR) is 38.2 cm³/mol. The van der Waals surface area contributed by atoms with E-state index in [9.17, 15) is 4.79 Å². The van der Waals surface area contributed by atoms with E-state index >= 15 is 0 Å². The van der Waals surface area contributed by atoms with Crippen molar-refractivity contribution >= 4 is 34.9 Å². The average molecular weight is 174 g/mol. The van der Waals surface area contributed by atoms with Gasteiger partial charge in [-0.2, -0.15) is 0 Å². The van der Waals surface area contributed by atoms with Gasteiger partial charge in [-0.1, -0.05) is 0 Å². The molecule has 7 N–H and O–H groups in total. The maximum Gasteiger partial charge on any atom is 2.00 e. The molecular weight excluding hydrogens is 164 g/mol. The summed E-state index contributed by atoms with van der Waals surface area (Å²) >= 11 is 0. The van der Waals surface area contributed by atoms with E-state index in [2.05, 4.69) is 0 Å². The van der Waals surface area contributed by atoms with Gasteiger partial charge in [0.05, 0.1) is 0 Å². The molecule has 7 nitrogen and oxygen atoms in total. The van der Waals surface area contributed by atoms with Crippen molar-refractivity contribution in [1.29, 1.82) is 5.41 Å². The molecule has 11 heavy (non-hydrogen) atoms. The molecule has 0 aromatic heterocycles. The number of hydrogen-bond acceptors (Lipinski definition) is 5. The van der Waals surface area contributed by atoms with Crippen LogP contribution in [0.2, 0.25) is 0 Å². The standard InChI is InChI=1S/C3H8N4O.Mg.2H2O/c1-2(8)7(6)3(4)5;;;/h6H2,1H3,(H3,4,5);;2*1H2/q;+2;;/p-2. The normalized spacial score (nSPS) is 6.00. The van der Waals surface area contributed by atoms with E-state index in [1.165, 1.54) is 6.92 Å². The Morgan fingerprint density at radius 2 is 1.73 bits per heavy atom. The molecule has 0 aromatic rings. The third-order valence-corrected chi connectivity index (χ3v) is 0.599. The molecule has 0 rings (SSSR count). The molecule has 0 spiro atoms. The van der Waals surface area contributed by atoms with Crippen molar-refractivity contribution in [2.45, 2.75) is 6.92 Å². The molecule has 0 fully saturated rings. The first-order valence-corrected chi connectivity index (χ1v) is 1.95. The van der Waals surface area contributed by atoms with Gasteiger partial charge in [0.25, 0.3) is 0 Å². The van der Waals surface area contributed by atoms with Crippen LogP contribution in [0.15, 0.2) is 0 Å². The van der Waals surface area contributed by atoms with E-state index in [0.29, 0.717) is 5.01 Å². The summed E-state index contributed by atoms with van der Waals surface area (Å²) in [5.41, 5.74) is 4.80. The number of rotatable bonds is 0. The van der Waals surface area contributed by atoms with Crippen molar-refractivity contribution in [3.05, 3.63) is 0 Å². The van der Waals surface area contributed by atoms with Crippen LogP contribution >= 0.6 is 0 Å². The van der Waals surface area contributed by atoms with Crippen molar-refractivity contribution in [3.63, 3.8) is 0 Å². The molecular formula is C3H10MgN4O3. The second-order valence-electron chi connectivity index (χ2n) is 1.27. The van der Waals surface area contributed by atoms with Gasteiger partial charge in [-0.25, -0.2) is 10.9 Å². The van der Waals surface area contributed by atoms with Gasteiger partial charge in [-0.3, -0.25) is 10.2 Å². The van der Waals surface area contributed by atoms with Crippen molar-refractivity contribution in [3.8, 4) is 0 Å². The second kappa shape index (κ2) is 9.59. The van der Waals surface area contributed by atoms with E-state index in [4.69, 9.17) is 17.0 Å². The topological polar surface area (TPSA) is 156 Å². The van der Waals surface area contributed by atoms with Gasteiger partial charge in [-0.15, -0.1) is 0 Å². The van der Waals surface area contributed by atoms with Crippen molar-refractivity contribution in [1.82, 2.24) is 5.01 Å². The van der Waals surface area contributed by atoms with Crippen LogP contribution in [0, 0.1) is 5.41 Å². The molecule has 0 saturated carbocycles. The molecule has 62 valence electrons. The molecule has 0 unspecified atom stereocenters. The van der Waals surface area contributed by atoms with Crippen LogP contribution < -0.4 is 11.6 Å². The Labute approximate surface area is 80.0 Å². The zero-order valence-corrected chi connectivity index (χ0v) is 7.53. The number of guanidine groups is 1. The summed E-state index contributed by atoms with van der Waals surface area (Å²) in [7, 11) is 0. The zero-order chi connectivity index (χ0) is 6.73. The minimum Gasteiger partial charge on any atom is -0.870 e. The quantitative estimate of drug-likeness (QED) is 0.0954. The maximum atomic E-state index is 10.2. The second-order valence-corrected chi connectivity index (χ2v) is 1.27. The van der Waals surface area contributed by atoms with Gasteiger partial charge in [0.2, 0.25) is 11.9 Å². The monoisotopic (exact) mass is 174 g/mol. The Bertz CT molecular complexity index is 116. The maximum absolute atomic E-state index is 10.2. The smallest absolute Gasteiger partial charge is 0.870 e. The molecule has 0 aliphatic rings. The minimum absolute atomic E-state index is 0. The third kappa shape index (κ3) is 9.59. The van der Waals surface area contributed by atoms with Gasteiger partial charge in [0, 0.05) is 6.92 Å². The minimum atomic E-state index is -0.447. The summed E-state index contributed by atoms with van der Waals surface area (Å²) in [4.78, 5) is 10.2. The Morgan fingerprint density at radius 3 is 1.73 bits per heavy atom. The van der Waals surface area contributed by atoms with Gasteiger partial charge >= 0.3 is 23.1 Å². The molecule has 0 radical (unpaired) electrons. The summed E-state index contributed by atoms with van der Waals surface area (Å²) in [6, 6.07) is 0. The number of hydrazine groups is 1. The first kappa shape index (κ1) is 22.4. The number of nitrogens with one attached hydrogen (secondary N) is 1. The summed E-state index contributed by atoms with van der Waals surface area (Å²) in [5, 5.41) is 7.14. The molecule has 8 heteroatoms. The number of nitrogens with zero attached hydrogens (tertiary/aromatic N) is 1. The van der Waals surface area contributed by atoms with Crippen molar-refractivity contribution < 1.29 is 15.7 Å². The van der Waals surface area contributed by atoms with Crippen LogP contribution in [0.3, 0.4) is 0 Å². The molecule has 1 amide bonds. The van der Waals surface area contributed by atoms with E-state index < -0.39 is 11.9 Å². The van der Waals surface area contributed by atoms with Crippen molar-refractivity contribution in [2.75, 3.05) is 0 Å². The van der Waals surface area contributed by atoms with Crippen LogP contribution in [-0.2, 0) is 4.79 Å². The molecule has 0 saturated heterocycles. The number of amides is 1. The summed E-state index contributed by atoms with van der Waals surface area (Å²) in [6.07, 6.45) is 0. The van der Waals surface area contributed by atoms with Crippen LogP contribution in [0.1, 0.15) is 6.92 Å². The fraction of sp³-hybridized carbons (Fsp3) is 0.333. The summed E-state index contributed by atoms with van der Waals surface area (Å²) < 4.78 is 0. The zero-order valence-electron chi connectivity index (χ0n) is 6.11. The first-order valence-electron chi connectivity index (χ1n) is 1.95. The average Bonchev–Trinajstić information content (AvgIpc) is 1.64. The van der Waals surface area contributed by atoms with E-state index in [0.717, 1.165) is 0 Å². The van der Waals surface area contributed by atoms with Crippen LogP contribution in [-0.4, -0.2) is 50.9 Å². The van der Waals surface area contributed by atoms with Crippen LogP contribution in [0.5, 0.6) is 0 Å². The van der Waals surface area contributed by atoms with Crippen LogP contribution in [0.4, 0.5) is 0 Å². The fourth-order valence-electron chi connectivity index (χ4n) is 0.170. The first-order chi connectivity index (χ1) is 3.55. The van der Waals surface area contributed by atoms with Gasteiger partial charge in [-0.05, 0) is 0 Å². The summed E-state index contributed by atoms with van der Waals surface area (Å²) in [5.74, 6) is 4.00. The number of carbonyl (C=O) groups excluding carboxylic acids is 1.